The van der Waals surface area contributed by atoms with E-state index in [1.165, 1.54) is 11.3 Å². The van der Waals surface area contributed by atoms with Crippen LogP contribution in [0.1, 0.15) is 35.4 Å². The van der Waals surface area contributed by atoms with Crippen molar-refractivity contribution in [3.8, 4) is 0 Å². The summed E-state index contributed by atoms with van der Waals surface area (Å²) >= 11 is 1.48. The Morgan fingerprint density at radius 1 is 1.44 bits per heavy atom. The van der Waals surface area contributed by atoms with Crippen molar-refractivity contribution in [2.75, 3.05) is 19.0 Å². The van der Waals surface area contributed by atoms with E-state index in [2.05, 4.69) is 0 Å². The first-order valence-corrected chi connectivity index (χ1v) is 8.55. The van der Waals surface area contributed by atoms with E-state index in [4.69, 9.17) is 4.74 Å². The van der Waals surface area contributed by atoms with Crippen LogP contribution in [0, 0.1) is 0 Å². The van der Waals surface area contributed by atoms with Crippen LogP contribution in [-0.4, -0.2) is 34.2 Å². The molecular weight excluding hydrogens is 268 g/mol. The van der Waals surface area contributed by atoms with Crippen LogP contribution in [0.5, 0.6) is 0 Å². The number of thiophene rings is 1. The minimum Gasteiger partial charge on any atom is -0.381 e. The van der Waals surface area contributed by atoms with Gasteiger partial charge in [0.2, 0.25) is 0 Å². The highest BCUT2D eigenvalue weighted by atomic mass is 32.2. The monoisotopic (exact) mass is 286 g/mol. The van der Waals surface area contributed by atoms with Gasteiger partial charge in [0, 0.05) is 41.4 Å². The Kier molecular flexibility index (Phi) is 5.53. The van der Waals surface area contributed by atoms with E-state index in [1.54, 1.807) is 0 Å². The van der Waals surface area contributed by atoms with Crippen LogP contribution in [0.25, 0.3) is 0 Å². The number of hydrogen-bond acceptors (Lipinski definition) is 4. The molecule has 0 radical (unpaired) electrons. The van der Waals surface area contributed by atoms with E-state index in [0.29, 0.717) is 12.2 Å². The molecule has 1 atom stereocenters. The van der Waals surface area contributed by atoms with Crippen molar-refractivity contribution in [1.82, 2.24) is 0 Å². The number of carbonyl (C=O) groups excluding carboxylic acids is 1. The fraction of sp³-hybridized carbons (Fsp3) is 0.615. The third-order valence-electron chi connectivity index (χ3n) is 3.09. The topological polar surface area (TPSA) is 43.4 Å². The lowest BCUT2D eigenvalue weighted by atomic mass is 10.2. The minimum absolute atomic E-state index is 0.175. The van der Waals surface area contributed by atoms with E-state index in [1.807, 2.05) is 17.5 Å². The molecular formula is C13H18O3S2. The molecule has 2 rings (SSSR count). The van der Waals surface area contributed by atoms with Crippen LogP contribution in [-0.2, 0) is 15.5 Å². The molecule has 18 heavy (non-hydrogen) atoms. The van der Waals surface area contributed by atoms with Gasteiger partial charge >= 0.3 is 0 Å². The molecule has 1 saturated heterocycles. The number of Topliss-reactive ketones (excluding diaryl/α,β-unsaturated/α-hetero) is 1. The lowest BCUT2D eigenvalue weighted by Gasteiger charge is -2.21. The molecule has 5 heteroatoms. The third-order valence-corrected chi connectivity index (χ3v) is 5.90. The molecule has 1 aliphatic rings. The molecule has 0 amide bonds. The average Bonchev–Trinajstić information content (AvgIpc) is 2.93. The van der Waals surface area contributed by atoms with Crippen molar-refractivity contribution in [3.63, 3.8) is 0 Å². The summed E-state index contributed by atoms with van der Waals surface area (Å²) in [7, 11) is -0.798. The third kappa shape index (κ3) is 4.00. The van der Waals surface area contributed by atoms with Crippen LogP contribution in [0.3, 0.4) is 0 Å². The van der Waals surface area contributed by atoms with Gasteiger partial charge in [0.25, 0.3) is 0 Å². The number of rotatable bonds is 6. The lowest BCUT2D eigenvalue weighted by Crippen LogP contribution is -2.26. The van der Waals surface area contributed by atoms with Crippen LogP contribution >= 0.6 is 11.3 Å². The molecule has 1 aromatic heterocycles. The SMILES string of the molecule is O=C(CCCS(=O)C1CCOCC1)c1cccs1. The van der Waals surface area contributed by atoms with Crippen LogP contribution in [0.15, 0.2) is 17.5 Å². The van der Waals surface area contributed by atoms with Gasteiger partial charge in [-0.1, -0.05) is 6.07 Å². The van der Waals surface area contributed by atoms with E-state index in [9.17, 15) is 9.00 Å². The Balaban J connectivity index is 1.68. The molecule has 1 aliphatic heterocycles. The molecule has 1 unspecified atom stereocenters. The maximum Gasteiger partial charge on any atom is 0.172 e. The van der Waals surface area contributed by atoms with Gasteiger partial charge in [-0.3, -0.25) is 9.00 Å². The number of ketones is 1. The van der Waals surface area contributed by atoms with Crippen molar-refractivity contribution < 1.29 is 13.7 Å². The molecule has 0 aliphatic carbocycles. The van der Waals surface area contributed by atoms with Gasteiger partial charge in [0.15, 0.2) is 5.78 Å². The molecule has 0 spiro atoms. The van der Waals surface area contributed by atoms with Crippen molar-refractivity contribution in [2.24, 2.45) is 0 Å². The summed E-state index contributed by atoms with van der Waals surface area (Å²) in [5, 5.41) is 2.18. The maximum atomic E-state index is 12.0. The largest absolute Gasteiger partial charge is 0.381 e. The summed E-state index contributed by atoms with van der Waals surface area (Å²) in [6.45, 7) is 1.45. The van der Waals surface area contributed by atoms with Crippen molar-refractivity contribution in [1.29, 1.82) is 0 Å². The summed E-state index contributed by atoms with van der Waals surface area (Å²) in [5.74, 6) is 0.816. The van der Waals surface area contributed by atoms with Gasteiger partial charge in [-0.05, 0) is 30.7 Å². The number of carbonyl (C=O) groups is 1. The Morgan fingerprint density at radius 2 is 2.22 bits per heavy atom. The van der Waals surface area contributed by atoms with Crippen LogP contribution in [0.4, 0.5) is 0 Å². The van der Waals surface area contributed by atoms with E-state index in [-0.39, 0.29) is 11.0 Å². The zero-order valence-corrected chi connectivity index (χ0v) is 11.9. The predicted molar refractivity (Wildman–Crippen MR) is 74.7 cm³/mol. The molecule has 100 valence electrons. The molecule has 0 bridgehead atoms. The van der Waals surface area contributed by atoms with Gasteiger partial charge < -0.3 is 4.74 Å². The molecule has 0 saturated carbocycles. The fourth-order valence-electron chi connectivity index (χ4n) is 2.04. The van der Waals surface area contributed by atoms with Crippen molar-refractivity contribution in [3.05, 3.63) is 22.4 Å². The summed E-state index contributed by atoms with van der Waals surface area (Å²) in [6.07, 6.45) is 3.02. The Hall–Kier alpha value is -0.520. The first-order valence-electron chi connectivity index (χ1n) is 6.29. The Morgan fingerprint density at radius 3 is 2.89 bits per heavy atom. The highest BCUT2D eigenvalue weighted by Gasteiger charge is 2.20. The second kappa shape index (κ2) is 7.16. The molecule has 1 aromatic rings. The maximum absolute atomic E-state index is 12.0. The van der Waals surface area contributed by atoms with Gasteiger partial charge in [0.05, 0.1) is 4.88 Å². The second-order valence-corrected chi connectivity index (χ2v) is 7.18. The smallest absolute Gasteiger partial charge is 0.172 e. The lowest BCUT2D eigenvalue weighted by molar-refractivity contribution is 0.0981. The number of hydrogen-bond donors (Lipinski definition) is 0. The highest BCUT2D eigenvalue weighted by Crippen LogP contribution is 2.16. The molecule has 2 heterocycles. The zero-order valence-electron chi connectivity index (χ0n) is 10.3. The quantitative estimate of drug-likeness (QED) is 0.755. The van der Waals surface area contributed by atoms with Gasteiger partial charge in [-0.25, -0.2) is 0 Å². The first kappa shape index (κ1) is 13.9. The Bertz CT molecular complexity index is 394. The van der Waals surface area contributed by atoms with E-state index in [0.717, 1.165) is 37.4 Å². The summed E-state index contributed by atoms with van der Waals surface area (Å²) in [4.78, 5) is 12.6. The second-order valence-electron chi connectivity index (χ2n) is 4.40. The van der Waals surface area contributed by atoms with Crippen LogP contribution < -0.4 is 0 Å². The van der Waals surface area contributed by atoms with Crippen LogP contribution in [0.2, 0.25) is 0 Å². The number of ether oxygens (including phenoxy) is 1. The minimum atomic E-state index is -0.798. The van der Waals surface area contributed by atoms with Gasteiger partial charge in [-0.2, -0.15) is 0 Å². The summed E-state index contributed by atoms with van der Waals surface area (Å²) in [6, 6.07) is 3.74. The van der Waals surface area contributed by atoms with E-state index >= 15 is 0 Å². The Labute approximate surface area is 114 Å². The van der Waals surface area contributed by atoms with Gasteiger partial charge in [0.1, 0.15) is 0 Å². The molecule has 0 N–H and O–H groups in total. The highest BCUT2D eigenvalue weighted by molar-refractivity contribution is 7.85. The standard InChI is InChI=1S/C13H18O3S2/c14-12(13-4-1-9-17-13)3-2-10-18(15)11-5-7-16-8-6-11/h1,4,9,11H,2-3,5-8,10H2. The van der Waals surface area contributed by atoms with Crippen molar-refractivity contribution in [2.45, 2.75) is 30.9 Å². The summed E-state index contributed by atoms with van der Waals surface area (Å²) in [5.41, 5.74) is 0. The summed E-state index contributed by atoms with van der Waals surface area (Å²) < 4.78 is 17.3. The van der Waals surface area contributed by atoms with E-state index < -0.39 is 10.8 Å². The molecule has 3 nitrogen and oxygen atoms in total. The van der Waals surface area contributed by atoms with Crippen molar-refractivity contribution >= 4 is 27.9 Å². The first-order chi connectivity index (χ1) is 8.77. The molecule has 0 aromatic carbocycles. The molecule has 1 fully saturated rings. The fourth-order valence-corrected chi connectivity index (χ4v) is 4.22. The van der Waals surface area contributed by atoms with Gasteiger partial charge in [-0.15, -0.1) is 11.3 Å². The predicted octanol–water partition coefficient (Wildman–Crippen LogP) is 2.64. The zero-order chi connectivity index (χ0) is 12.8. The normalized spacial score (nSPS) is 18.7. The average molecular weight is 286 g/mol.